The van der Waals surface area contributed by atoms with E-state index in [1.807, 2.05) is 35.9 Å². The van der Waals surface area contributed by atoms with E-state index in [1.54, 1.807) is 6.20 Å². The lowest BCUT2D eigenvalue weighted by atomic mass is 10.1. The Balaban J connectivity index is 0.00000121. The molecule has 1 aliphatic heterocycles. The third-order valence-corrected chi connectivity index (χ3v) is 4.72. The summed E-state index contributed by atoms with van der Waals surface area (Å²) in [6.45, 7) is 2.92. The second-order valence-electron chi connectivity index (χ2n) is 6.44. The van der Waals surface area contributed by atoms with E-state index in [0.717, 1.165) is 29.4 Å². The molecule has 0 saturated carbocycles. The molecule has 0 spiro atoms. The summed E-state index contributed by atoms with van der Waals surface area (Å²) in [5.41, 5.74) is 2.42. The van der Waals surface area contributed by atoms with E-state index in [1.165, 1.54) is 0 Å². The topological polar surface area (TPSA) is 82.9 Å². The van der Waals surface area contributed by atoms with Crippen molar-refractivity contribution in [2.75, 3.05) is 13.2 Å². The van der Waals surface area contributed by atoms with Gasteiger partial charge in [-0.25, -0.2) is 4.98 Å². The summed E-state index contributed by atoms with van der Waals surface area (Å²) in [7, 11) is 0. The van der Waals surface area contributed by atoms with Gasteiger partial charge in [0, 0.05) is 36.5 Å². The van der Waals surface area contributed by atoms with Crippen molar-refractivity contribution >= 4 is 35.7 Å². The number of aromatic amines is 1. The monoisotopic (exact) mass is 396 g/mol. The number of aromatic nitrogens is 3. The molecule has 2 aromatic heterocycles. The molecule has 1 saturated heterocycles. The predicted molar refractivity (Wildman–Crippen MR) is 108 cm³/mol. The van der Waals surface area contributed by atoms with Gasteiger partial charge in [0.1, 0.15) is 5.82 Å². The zero-order valence-corrected chi connectivity index (χ0v) is 15.9. The average Bonchev–Trinajstić information content (AvgIpc) is 3.23. The van der Waals surface area contributed by atoms with Crippen LogP contribution in [0.1, 0.15) is 18.0 Å². The fourth-order valence-corrected chi connectivity index (χ4v) is 3.46. The van der Waals surface area contributed by atoms with Gasteiger partial charge in [0.15, 0.2) is 0 Å². The smallest absolute Gasteiger partial charge is 0.259 e. The van der Waals surface area contributed by atoms with Crippen LogP contribution in [0, 0.1) is 6.92 Å². The van der Waals surface area contributed by atoms with Crippen molar-refractivity contribution in [3.63, 3.8) is 0 Å². The predicted octanol–water partition coefficient (Wildman–Crippen LogP) is 2.44. The largest absolute Gasteiger partial charge is 0.395 e. The number of nitrogens with one attached hydrogen (secondary N) is 2. The van der Waals surface area contributed by atoms with Crippen molar-refractivity contribution in [1.29, 1.82) is 0 Å². The molecule has 3 aromatic rings. The third kappa shape index (κ3) is 3.64. The molecule has 0 aliphatic carbocycles. The number of H-pyrrole nitrogens is 1. The van der Waals surface area contributed by atoms with Gasteiger partial charge in [0.05, 0.1) is 12.2 Å². The number of hydrogen-bond donors (Lipinski definition) is 3. The molecule has 3 N–H and O–H groups in total. The van der Waals surface area contributed by atoms with Gasteiger partial charge < -0.3 is 20.0 Å². The van der Waals surface area contributed by atoms with Crippen LogP contribution in [-0.4, -0.2) is 38.8 Å². The summed E-state index contributed by atoms with van der Waals surface area (Å²) in [5.74, 6) is 0.671. The lowest BCUT2D eigenvalue weighted by molar-refractivity contribution is 0.253. The van der Waals surface area contributed by atoms with Crippen molar-refractivity contribution in [3.8, 4) is 11.4 Å². The molecule has 0 bridgehead atoms. The minimum absolute atomic E-state index is 0. The maximum atomic E-state index is 12.5. The van der Waals surface area contributed by atoms with Gasteiger partial charge in [-0.2, -0.15) is 0 Å². The van der Waals surface area contributed by atoms with Gasteiger partial charge >= 0.3 is 0 Å². The molecule has 0 radical (unpaired) electrons. The maximum absolute atomic E-state index is 12.5. The van der Waals surface area contributed by atoms with Gasteiger partial charge in [-0.05, 0) is 36.9 Å². The molecule has 0 unspecified atom stereocenters. The van der Waals surface area contributed by atoms with Gasteiger partial charge in [0.2, 0.25) is 0 Å². The number of rotatable bonds is 3. The van der Waals surface area contributed by atoms with Gasteiger partial charge in [0.25, 0.3) is 5.56 Å². The Morgan fingerprint density at radius 3 is 2.85 bits per heavy atom. The van der Waals surface area contributed by atoms with Crippen LogP contribution in [0.15, 0.2) is 41.5 Å². The minimum Gasteiger partial charge on any atom is -0.395 e. The number of fused-ring (bicyclic) bond motifs is 1. The Morgan fingerprint density at radius 1 is 1.31 bits per heavy atom. The number of aryl methyl sites for hydroxylation is 1. The van der Waals surface area contributed by atoms with Gasteiger partial charge in [-0.1, -0.05) is 11.6 Å². The first-order valence-corrected chi connectivity index (χ1v) is 8.17. The summed E-state index contributed by atoms with van der Waals surface area (Å²) in [5, 5.41) is 13.6. The van der Waals surface area contributed by atoms with Crippen LogP contribution in [0.25, 0.3) is 22.3 Å². The molecule has 1 aliphatic rings. The molecule has 1 fully saturated rings. The highest BCUT2D eigenvalue weighted by Crippen LogP contribution is 2.26. The molecule has 2 atom stereocenters. The fraction of sp³-hybridized carbons (Fsp3) is 0.333. The van der Waals surface area contributed by atoms with E-state index >= 15 is 0 Å². The molecule has 8 heteroatoms. The zero-order chi connectivity index (χ0) is 16.7. The number of pyridine rings is 1. The molecular formula is C18H22Cl2N4O2. The molecule has 4 rings (SSSR count). The van der Waals surface area contributed by atoms with Crippen molar-refractivity contribution < 1.29 is 5.11 Å². The van der Waals surface area contributed by atoms with E-state index in [0.29, 0.717) is 11.4 Å². The van der Waals surface area contributed by atoms with E-state index in [4.69, 9.17) is 0 Å². The molecule has 3 heterocycles. The lowest BCUT2D eigenvalue weighted by Gasteiger charge is -2.14. The molecule has 6 nitrogen and oxygen atoms in total. The molecule has 1 aromatic carbocycles. The quantitative estimate of drug-likeness (QED) is 0.634. The maximum Gasteiger partial charge on any atom is 0.259 e. The number of aliphatic hydroxyl groups is 1. The number of imidazole rings is 1. The standard InChI is InChI=1S/C18H20N4O2.2ClH/c1-11-2-3-16-12(6-11)7-15(18(24)21-16)17-19-4-5-22(17)14-8-13(10-23)20-9-14;;/h2-7,13-14,20,23H,8-10H2,1H3,(H,21,24);2*1H/t13-,14-;;/m0../s1. The van der Waals surface area contributed by atoms with Crippen LogP contribution in [0.2, 0.25) is 0 Å². The fourth-order valence-electron chi connectivity index (χ4n) is 3.46. The highest BCUT2D eigenvalue weighted by molar-refractivity contribution is 5.85. The van der Waals surface area contributed by atoms with Crippen LogP contribution in [0.3, 0.4) is 0 Å². The number of aliphatic hydroxyl groups excluding tert-OH is 1. The second-order valence-corrected chi connectivity index (χ2v) is 6.44. The van der Waals surface area contributed by atoms with Crippen LogP contribution < -0.4 is 10.9 Å². The van der Waals surface area contributed by atoms with E-state index < -0.39 is 0 Å². The molecule has 140 valence electrons. The third-order valence-electron chi connectivity index (χ3n) is 4.72. The first-order valence-electron chi connectivity index (χ1n) is 8.17. The Morgan fingerprint density at radius 2 is 2.12 bits per heavy atom. The van der Waals surface area contributed by atoms with E-state index in [-0.39, 0.29) is 49.1 Å². The summed E-state index contributed by atoms with van der Waals surface area (Å²) < 4.78 is 2.04. The summed E-state index contributed by atoms with van der Waals surface area (Å²) in [6.07, 6.45) is 4.45. The molecular weight excluding hydrogens is 375 g/mol. The normalized spacial score (nSPS) is 19.2. The first-order chi connectivity index (χ1) is 11.7. The van der Waals surface area contributed by atoms with Crippen molar-refractivity contribution in [1.82, 2.24) is 19.9 Å². The van der Waals surface area contributed by atoms with Crippen LogP contribution in [0.4, 0.5) is 0 Å². The second kappa shape index (κ2) is 8.22. The van der Waals surface area contributed by atoms with Crippen molar-refractivity contribution in [3.05, 3.63) is 52.6 Å². The highest BCUT2D eigenvalue weighted by Gasteiger charge is 2.27. The molecule has 0 amide bonds. The van der Waals surface area contributed by atoms with Crippen molar-refractivity contribution in [2.45, 2.75) is 25.4 Å². The number of nitrogens with zero attached hydrogens (tertiary/aromatic N) is 2. The van der Waals surface area contributed by atoms with Gasteiger partial charge in [-0.3, -0.25) is 4.79 Å². The van der Waals surface area contributed by atoms with Crippen molar-refractivity contribution in [2.24, 2.45) is 0 Å². The molecule has 26 heavy (non-hydrogen) atoms. The summed E-state index contributed by atoms with van der Waals surface area (Å²) in [4.78, 5) is 19.9. The lowest BCUT2D eigenvalue weighted by Crippen LogP contribution is -2.24. The number of hydrogen-bond acceptors (Lipinski definition) is 4. The highest BCUT2D eigenvalue weighted by atomic mass is 35.5. The Kier molecular flexibility index (Phi) is 6.47. The van der Waals surface area contributed by atoms with Crippen LogP contribution >= 0.6 is 24.8 Å². The average molecular weight is 397 g/mol. The summed E-state index contributed by atoms with van der Waals surface area (Å²) >= 11 is 0. The Hall–Kier alpha value is -1.86. The zero-order valence-electron chi connectivity index (χ0n) is 14.3. The number of halogens is 2. The van der Waals surface area contributed by atoms with E-state index in [9.17, 15) is 9.90 Å². The Labute approximate surface area is 163 Å². The first kappa shape index (κ1) is 20.5. The minimum atomic E-state index is -0.136. The summed E-state index contributed by atoms with van der Waals surface area (Å²) in [6, 6.07) is 8.16. The Bertz CT molecular complexity index is 954. The number of benzene rings is 1. The SMILES string of the molecule is Cc1ccc2[nH]c(=O)c(-c3nccn3[C@@H]3CN[C@H](CO)C3)cc2c1.Cl.Cl. The van der Waals surface area contributed by atoms with Crippen LogP contribution in [0.5, 0.6) is 0 Å². The van der Waals surface area contributed by atoms with E-state index in [2.05, 4.69) is 21.4 Å². The van der Waals surface area contributed by atoms with Crippen LogP contribution in [-0.2, 0) is 0 Å². The van der Waals surface area contributed by atoms with Gasteiger partial charge in [-0.15, -0.1) is 24.8 Å².